The van der Waals surface area contributed by atoms with E-state index in [1.54, 1.807) is 12.3 Å². The lowest BCUT2D eigenvalue weighted by atomic mass is 9.96. The van der Waals surface area contributed by atoms with Crippen LogP contribution < -0.4 is 10.2 Å². The molecule has 4 aromatic rings. The molecular formula is C27H22BrF3N4S. The van der Waals surface area contributed by atoms with E-state index in [2.05, 4.69) is 31.1 Å². The molecule has 1 N–H and O–H groups in total. The highest BCUT2D eigenvalue weighted by molar-refractivity contribution is 9.10. The van der Waals surface area contributed by atoms with Crippen LogP contribution in [0.15, 0.2) is 83.5 Å². The van der Waals surface area contributed by atoms with Crippen molar-refractivity contribution in [2.45, 2.75) is 32.1 Å². The number of rotatable bonds is 4. The molecule has 184 valence electrons. The number of nitrogens with one attached hydrogen (secondary N) is 1. The summed E-state index contributed by atoms with van der Waals surface area (Å²) in [6.07, 6.45) is -2.68. The lowest BCUT2D eigenvalue weighted by Gasteiger charge is -2.28. The number of pyridine rings is 1. The second kappa shape index (κ2) is 9.37. The van der Waals surface area contributed by atoms with E-state index in [0.29, 0.717) is 10.8 Å². The summed E-state index contributed by atoms with van der Waals surface area (Å²) in [4.78, 5) is 6.64. The van der Waals surface area contributed by atoms with Crippen LogP contribution in [0.1, 0.15) is 40.3 Å². The van der Waals surface area contributed by atoms with Gasteiger partial charge in [0.2, 0.25) is 0 Å². The number of hydrogen-bond donors (Lipinski definition) is 1. The summed E-state index contributed by atoms with van der Waals surface area (Å²) >= 11 is 9.27. The number of aryl methyl sites for hydroxylation is 1. The zero-order valence-corrected chi connectivity index (χ0v) is 21.8. The Balaban J connectivity index is 1.67. The SMILES string of the molecule is Cc1cc([C@@H]2[C@@H](c3ccccn3)NC(=S)N2c2ccc(Br)cc2)c(C)n1-c1cccc(C(F)(F)F)c1. The van der Waals surface area contributed by atoms with Gasteiger partial charge in [0, 0.05) is 33.4 Å². The molecule has 0 saturated carbocycles. The number of halogens is 4. The second-order valence-electron chi connectivity index (χ2n) is 8.68. The lowest BCUT2D eigenvalue weighted by Crippen LogP contribution is -2.29. The van der Waals surface area contributed by atoms with Gasteiger partial charge in [-0.05, 0) is 92.3 Å². The van der Waals surface area contributed by atoms with Gasteiger partial charge in [0.05, 0.1) is 23.3 Å². The predicted octanol–water partition coefficient (Wildman–Crippen LogP) is 7.45. The van der Waals surface area contributed by atoms with E-state index in [1.807, 2.05) is 66.9 Å². The summed E-state index contributed by atoms with van der Waals surface area (Å²) in [6.45, 7) is 3.83. The molecule has 0 aliphatic carbocycles. The van der Waals surface area contributed by atoms with E-state index in [0.717, 1.165) is 38.9 Å². The minimum atomic E-state index is -4.42. The largest absolute Gasteiger partial charge is 0.416 e. The molecule has 1 saturated heterocycles. The molecule has 1 fully saturated rings. The number of thiocarbonyl (C=S) groups is 1. The monoisotopic (exact) mass is 570 g/mol. The molecule has 2 aromatic carbocycles. The third kappa shape index (κ3) is 4.41. The third-order valence-corrected chi connectivity index (χ3v) is 7.27. The first-order chi connectivity index (χ1) is 17.1. The van der Waals surface area contributed by atoms with Gasteiger partial charge in [0.25, 0.3) is 0 Å². The third-order valence-electron chi connectivity index (χ3n) is 6.42. The fraction of sp³-hybridized carbons (Fsp3) is 0.185. The smallest absolute Gasteiger partial charge is 0.351 e. The van der Waals surface area contributed by atoms with E-state index in [1.165, 1.54) is 12.1 Å². The number of anilines is 1. The summed E-state index contributed by atoms with van der Waals surface area (Å²) in [6, 6.07) is 20.5. The van der Waals surface area contributed by atoms with Gasteiger partial charge in [-0.2, -0.15) is 13.2 Å². The Bertz CT molecular complexity index is 1420. The zero-order valence-electron chi connectivity index (χ0n) is 19.4. The molecule has 9 heteroatoms. The fourth-order valence-electron chi connectivity index (χ4n) is 4.86. The van der Waals surface area contributed by atoms with Crippen LogP contribution in [-0.4, -0.2) is 14.7 Å². The summed E-state index contributed by atoms with van der Waals surface area (Å²) in [5.41, 5.74) is 4.14. The molecule has 36 heavy (non-hydrogen) atoms. The number of aromatic nitrogens is 2. The van der Waals surface area contributed by atoms with Crippen molar-refractivity contribution in [1.82, 2.24) is 14.9 Å². The van der Waals surface area contributed by atoms with Crippen molar-refractivity contribution in [2.24, 2.45) is 0 Å². The van der Waals surface area contributed by atoms with E-state index >= 15 is 0 Å². The highest BCUT2D eigenvalue weighted by atomic mass is 79.9. The summed E-state index contributed by atoms with van der Waals surface area (Å²) in [7, 11) is 0. The standard InChI is InChI=1S/C27H22BrF3N4S/c1-16-14-22(17(2)34(16)21-7-5-6-18(15-21)27(29,30)31)25-24(23-8-3-4-13-32-23)33-26(36)35(25)20-11-9-19(28)10-12-20/h3-15,24-25H,1-2H3,(H,33,36)/t24-,25-/m1/s1. The van der Waals surface area contributed by atoms with E-state index in [4.69, 9.17) is 12.2 Å². The molecule has 0 bridgehead atoms. The van der Waals surface area contributed by atoms with Gasteiger partial charge < -0.3 is 14.8 Å². The average Bonchev–Trinajstić information content (AvgIpc) is 3.35. The minimum absolute atomic E-state index is 0.252. The topological polar surface area (TPSA) is 33.1 Å². The lowest BCUT2D eigenvalue weighted by molar-refractivity contribution is -0.137. The van der Waals surface area contributed by atoms with Gasteiger partial charge in [-0.3, -0.25) is 4.98 Å². The molecule has 3 heterocycles. The van der Waals surface area contributed by atoms with Crippen molar-refractivity contribution < 1.29 is 13.2 Å². The van der Waals surface area contributed by atoms with Crippen LogP contribution in [-0.2, 0) is 6.18 Å². The zero-order chi connectivity index (χ0) is 25.6. The summed E-state index contributed by atoms with van der Waals surface area (Å²) in [5, 5.41) is 3.99. The number of alkyl halides is 3. The van der Waals surface area contributed by atoms with Crippen LogP contribution in [0.5, 0.6) is 0 Å². The maximum Gasteiger partial charge on any atom is 0.416 e. The highest BCUT2D eigenvalue weighted by Gasteiger charge is 2.42. The Morgan fingerprint density at radius 3 is 2.36 bits per heavy atom. The van der Waals surface area contributed by atoms with Crippen molar-refractivity contribution in [1.29, 1.82) is 0 Å². The molecule has 1 aliphatic rings. The highest BCUT2D eigenvalue weighted by Crippen LogP contribution is 2.44. The molecule has 2 aromatic heterocycles. The Morgan fingerprint density at radius 2 is 1.69 bits per heavy atom. The van der Waals surface area contributed by atoms with E-state index in [-0.39, 0.29) is 12.1 Å². The minimum Gasteiger partial charge on any atom is -0.351 e. The average molecular weight is 571 g/mol. The van der Waals surface area contributed by atoms with Crippen LogP contribution in [0.4, 0.5) is 18.9 Å². The molecule has 1 aliphatic heterocycles. The van der Waals surface area contributed by atoms with Crippen molar-refractivity contribution in [3.05, 3.63) is 112 Å². The van der Waals surface area contributed by atoms with Gasteiger partial charge in [-0.25, -0.2) is 0 Å². The van der Waals surface area contributed by atoms with Crippen molar-refractivity contribution in [3.63, 3.8) is 0 Å². The van der Waals surface area contributed by atoms with Crippen LogP contribution in [0.3, 0.4) is 0 Å². The first kappa shape index (κ1) is 24.5. The maximum absolute atomic E-state index is 13.4. The first-order valence-electron chi connectivity index (χ1n) is 11.3. The van der Waals surface area contributed by atoms with Gasteiger partial charge >= 0.3 is 6.18 Å². The van der Waals surface area contributed by atoms with Crippen molar-refractivity contribution in [2.75, 3.05) is 4.90 Å². The molecule has 0 spiro atoms. The molecule has 0 unspecified atom stereocenters. The normalized spacial score (nSPS) is 17.9. The Kier molecular flexibility index (Phi) is 6.38. The Labute approximate surface area is 220 Å². The van der Waals surface area contributed by atoms with Crippen LogP contribution in [0.2, 0.25) is 0 Å². The second-order valence-corrected chi connectivity index (χ2v) is 9.99. The number of benzene rings is 2. The molecule has 2 atom stereocenters. The molecule has 0 radical (unpaired) electrons. The first-order valence-corrected chi connectivity index (χ1v) is 12.5. The summed E-state index contributed by atoms with van der Waals surface area (Å²) in [5.74, 6) is 0. The molecule has 5 rings (SSSR count). The van der Waals surface area contributed by atoms with Gasteiger partial charge in [0.15, 0.2) is 5.11 Å². The maximum atomic E-state index is 13.4. The van der Waals surface area contributed by atoms with E-state index < -0.39 is 11.7 Å². The van der Waals surface area contributed by atoms with Crippen LogP contribution in [0.25, 0.3) is 5.69 Å². The summed E-state index contributed by atoms with van der Waals surface area (Å²) < 4.78 is 43.1. The quantitative estimate of drug-likeness (QED) is 0.258. The molecule has 0 amide bonds. The number of hydrogen-bond acceptors (Lipinski definition) is 2. The molecular weight excluding hydrogens is 549 g/mol. The molecule has 4 nitrogen and oxygen atoms in total. The Morgan fingerprint density at radius 1 is 0.944 bits per heavy atom. The van der Waals surface area contributed by atoms with Crippen LogP contribution in [0, 0.1) is 13.8 Å². The van der Waals surface area contributed by atoms with Crippen LogP contribution >= 0.6 is 28.1 Å². The van der Waals surface area contributed by atoms with E-state index in [9.17, 15) is 13.2 Å². The van der Waals surface area contributed by atoms with Gasteiger partial charge in [0.1, 0.15) is 0 Å². The number of nitrogens with zero attached hydrogens (tertiary/aromatic N) is 3. The van der Waals surface area contributed by atoms with Crippen molar-refractivity contribution >= 4 is 38.9 Å². The fourth-order valence-corrected chi connectivity index (χ4v) is 5.47. The van der Waals surface area contributed by atoms with Crippen molar-refractivity contribution in [3.8, 4) is 5.69 Å². The van der Waals surface area contributed by atoms with Gasteiger partial charge in [-0.15, -0.1) is 0 Å². The predicted molar refractivity (Wildman–Crippen MR) is 142 cm³/mol. The van der Waals surface area contributed by atoms with Gasteiger partial charge in [-0.1, -0.05) is 28.1 Å². The Hall–Kier alpha value is -3.17.